The number of hydrogen-bond acceptors (Lipinski definition) is 4. The van der Waals surface area contributed by atoms with Crippen molar-refractivity contribution in [3.8, 4) is 0 Å². The van der Waals surface area contributed by atoms with Gasteiger partial charge in [-0.05, 0) is 44.4 Å². The number of esters is 1. The Morgan fingerprint density at radius 2 is 2.12 bits per heavy atom. The Labute approximate surface area is 145 Å². The average molecular weight is 336 g/mol. The molecule has 0 bridgehead atoms. The van der Waals surface area contributed by atoms with Crippen LogP contribution in [-0.2, 0) is 9.53 Å². The second-order valence-electron chi connectivity index (χ2n) is 7.13. The minimum absolute atomic E-state index is 0.0500. The first-order chi connectivity index (χ1) is 11.6. The third-order valence-corrected chi connectivity index (χ3v) is 4.99. The van der Waals surface area contributed by atoms with Gasteiger partial charge in [-0.1, -0.05) is 44.1 Å². The smallest absolute Gasteiger partial charge is 0.306 e. The predicted octanol–water partition coefficient (Wildman–Crippen LogP) is 3.52. The highest BCUT2D eigenvalue weighted by molar-refractivity contribution is 5.70. The summed E-state index contributed by atoms with van der Waals surface area (Å²) in [5.74, 6) is 0.683. The fourth-order valence-electron chi connectivity index (χ4n) is 3.31. The molecule has 1 saturated carbocycles. The van der Waals surface area contributed by atoms with Crippen molar-refractivity contribution in [1.29, 1.82) is 0 Å². The molecule has 24 heavy (non-hydrogen) atoms. The quantitative estimate of drug-likeness (QED) is 0.364. The first-order valence-corrected chi connectivity index (χ1v) is 9.50. The normalized spacial score (nSPS) is 29.8. The van der Waals surface area contributed by atoms with E-state index in [4.69, 9.17) is 4.74 Å². The number of aliphatic hydroxyl groups is 2. The van der Waals surface area contributed by atoms with Gasteiger partial charge in [-0.15, -0.1) is 0 Å². The van der Waals surface area contributed by atoms with Gasteiger partial charge < -0.3 is 14.9 Å². The third-order valence-electron chi connectivity index (χ3n) is 4.99. The summed E-state index contributed by atoms with van der Waals surface area (Å²) in [6.45, 7) is 2.18. The summed E-state index contributed by atoms with van der Waals surface area (Å²) in [5, 5.41) is 20.0. The molecule has 0 aromatic rings. The zero-order valence-electron chi connectivity index (χ0n) is 14.8. The van der Waals surface area contributed by atoms with E-state index >= 15 is 0 Å². The molecule has 0 aromatic carbocycles. The number of unbranched alkanes of at least 4 members (excludes halogenated alkanes) is 3. The Hall–Kier alpha value is -1.13. The second-order valence-corrected chi connectivity index (χ2v) is 7.13. The van der Waals surface area contributed by atoms with Crippen molar-refractivity contribution >= 4 is 5.97 Å². The summed E-state index contributed by atoms with van der Waals surface area (Å²) >= 11 is 0. The lowest BCUT2D eigenvalue weighted by molar-refractivity contribution is -0.155. The lowest BCUT2D eigenvalue weighted by atomic mass is 10.0. The van der Waals surface area contributed by atoms with Gasteiger partial charge in [0, 0.05) is 12.3 Å². The van der Waals surface area contributed by atoms with Crippen molar-refractivity contribution in [2.45, 2.75) is 83.0 Å². The molecule has 0 radical (unpaired) electrons. The second kappa shape index (κ2) is 10.00. The number of cyclic esters (lactones) is 1. The monoisotopic (exact) mass is 336 g/mol. The molecule has 0 aromatic heterocycles. The van der Waals surface area contributed by atoms with Gasteiger partial charge in [-0.25, -0.2) is 0 Å². The van der Waals surface area contributed by atoms with Crippen molar-refractivity contribution < 1.29 is 19.7 Å². The van der Waals surface area contributed by atoms with E-state index in [0.717, 1.165) is 25.7 Å². The number of carbonyl (C=O) groups is 1. The van der Waals surface area contributed by atoms with Crippen LogP contribution in [0, 0.1) is 11.8 Å². The maximum absolute atomic E-state index is 11.3. The van der Waals surface area contributed by atoms with E-state index in [1.807, 2.05) is 12.2 Å². The van der Waals surface area contributed by atoms with Crippen LogP contribution in [0.15, 0.2) is 24.3 Å². The number of rotatable bonds is 10. The SMILES string of the molecule is CCCCC/C=C\C[C@H](O)[C@@H](O)/C=C/C1C[C@@H]1[C@H]1CCCC(=O)O1. The number of carbonyl (C=O) groups excluding carboxylic acids is 1. The Morgan fingerprint density at radius 3 is 2.88 bits per heavy atom. The molecule has 0 amide bonds. The van der Waals surface area contributed by atoms with Gasteiger partial charge in [0.05, 0.1) is 12.2 Å². The standard InChI is InChI=1S/C20H32O4/c1-2-3-4-5-6-7-9-17(21)18(22)13-12-15-14-16(15)19-10-8-11-20(23)24-19/h6-7,12-13,15-19,21-22H,2-5,8-11,14H2,1H3/b7-6-,13-12+/t15?,16-,17-,18-,19+/m0/s1. The molecule has 2 rings (SSSR count). The van der Waals surface area contributed by atoms with Crippen LogP contribution in [-0.4, -0.2) is 34.5 Å². The topological polar surface area (TPSA) is 66.8 Å². The highest BCUT2D eigenvalue weighted by atomic mass is 16.5. The van der Waals surface area contributed by atoms with Crippen LogP contribution in [0.1, 0.15) is 64.7 Å². The van der Waals surface area contributed by atoms with E-state index in [1.165, 1.54) is 19.3 Å². The number of aliphatic hydroxyl groups excluding tert-OH is 2. The summed E-state index contributed by atoms with van der Waals surface area (Å²) in [6.07, 6.45) is 14.7. The highest BCUT2D eigenvalue weighted by Gasteiger charge is 2.44. The predicted molar refractivity (Wildman–Crippen MR) is 94.4 cm³/mol. The van der Waals surface area contributed by atoms with E-state index < -0.39 is 12.2 Å². The van der Waals surface area contributed by atoms with Crippen molar-refractivity contribution in [2.75, 3.05) is 0 Å². The molecule has 1 aliphatic heterocycles. The van der Waals surface area contributed by atoms with Crippen molar-refractivity contribution in [1.82, 2.24) is 0 Å². The van der Waals surface area contributed by atoms with Crippen LogP contribution in [0.5, 0.6) is 0 Å². The van der Waals surface area contributed by atoms with Gasteiger partial charge >= 0.3 is 5.97 Å². The van der Waals surface area contributed by atoms with Gasteiger partial charge in [0.15, 0.2) is 0 Å². The van der Waals surface area contributed by atoms with Crippen LogP contribution in [0.4, 0.5) is 0 Å². The largest absolute Gasteiger partial charge is 0.462 e. The van der Waals surface area contributed by atoms with Gasteiger partial charge in [0.2, 0.25) is 0 Å². The molecular weight excluding hydrogens is 304 g/mol. The van der Waals surface area contributed by atoms with Gasteiger partial charge in [0.25, 0.3) is 0 Å². The van der Waals surface area contributed by atoms with E-state index in [9.17, 15) is 15.0 Å². The first-order valence-electron chi connectivity index (χ1n) is 9.50. The molecule has 4 nitrogen and oxygen atoms in total. The third kappa shape index (κ3) is 6.40. The van der Waals surface area contributed by atoms with E-state index in [1.54, 1.807) is 6.08 Å². The lowest BCUT2D eigenvalue weighted by Crippen LogP contribution is -2.25. The zero-order chi connectivity index (χ0) is 17.4. The summed E-state index contributed by atoms with van der Waals surface area (Å²) in [6, 6.07) is 0. The Kier molecular flexibility index (Phi) is 8.00. The van der Waals surface area contributed by atoms with Crippen LogP contribution < -0.4 is 0 Å². The fourth-order valence-corrected chi connectivity index (χ4v) is 3.31. The van der Waals surface area contributed by atoms with E-state index in [0.29, 0.717) is 24.7 Å². The molecule has 1 heterocycles. The Bertz CT molecular complexity index is 443. The minimum atomic E-state index is -0.833. The molecule has 136 valence electrons. The molecule has 5 atom stereocenters. The summed E-state index contributed by atoms with van der Waals surface area (Å²) in [5.41, 5.74) is 0. The average Bonchev–Trinajstić information content (AvgIpc) is 3.35. The summed E-state index contributed by atoms with van der Waals surface area (Å²) < 4.78 is 5.39. The van der Waals surface area contributed by atoms with Crippen LogP contribution in [0.25, 0.3) is 0 Å². The van der Waals surface area contributed by atoms with Gasteiger partial charge in [0.1, 0.15) is 6.10 Å². The molecule has 0 spiro atoms. The van der Waals surface area contributed by atoms with Crippen molar-refractivity contribution in [3.05, 3.63) is 24.3 Å². The molecule has 2 fully saturated rings. The molecule has 1 aliphatic carbocycles. The van der Waals surface area contributed by atoms with Gasteiger partial charge in [-0.3, -0.25) is 4.79 Å². The zero-order valence-corrected chi connectivity index (χ0v) is 14.8. The Balaban J connectivity index is 1.64. The highest BCUT2D eigenvalue weighted by Crippen LogP contribution is 2.46. The summed E-state index contributed by atoms with van der Waals surface area (Å²) in [7, 11) is 0. The fraction of sp³-hybridized carbons (Fsp3) is 0.750. The van der Waals surface area contributed by atoms with E-state index in [-0.39, 0.29) is 12.1 Å². The van der Waals surface area contributed by atoms with Gasteiger partial charge in [-0.2, -0.15) is 0 Å². The number of allylic oxidation sites excluding steroid dienone is 2. The number of ether oxygens (including phenoxy) is 1. The van der Waals surface area contributed by atoms with Crippen LogP contribution in [0.2, 0.25) is 0 Å². The maximum atomic E-state index is 11.3. The van der Waals surface area contributed by atoms with Crippen molar-refractivity contribution in [3.63, 3.8) is 0 Å². The van der Waals surface area contributed by atoms with Crippen LogP contribution >= 0.6 is 0 Å². The van der Waals surface area contributed by atoms with E-state index in [2.05, 4.69) is 13.0 Å². The first kappa shape index (κ1) is 19.2. The lowest BCUT2D eigenvalue weighted by Gasteiger charge is -2.22. The molecular formula is C20H32O4. The molecule has 4 heteroatoms. The molecule has 1 unspecified atom stereocenters. The van der Waals surface area contributed by atoms with Crippen molar-refractivity contribution in [2.24, 2.45) is 11.8 Å². The molecule has 2 aliphatic rings. The molecule has 1 saturated heterocycles. The number of hydrogen-bond donors (Lipinski definition) is 2. The Morgan fingerprint density at radius 1 is 1.29 bits per heavy atom. The molecule has 2 N–H and O–H groups in total. The maximum Gasteiger partial charge on any atom is 0.306 e. The minimum Gasteiger partial charge on any atom is -0.462 e. The van der Waals surface area contributed by atoms with Crippen LogP contribution in [0.3, 0.4) is 0 Å². The summed E-state index contributed by atoms with van der Waals surface area (Å²) in [4.78, 5) is 11.3.